The molecule has 1 saturated heterocycles. The average Bonchev–Trinajstić information content (AvgIpc) is 3.09. The van der Waals surface area contributed by atoms with Crippen LogP contribution in [0.25, 0.3) is 0 Å². The Morgan fingerprint density at radius 3 is 2.54 bits per heavy atom. The topological polar surface area (TPSA) is 75.7 Å². The molecule has 0 bridgehead atoms. The molecule has 8 heteroatoms. The molecule has 0 aliphatic carbocycles. The Hall–Kier alpha value is -2.57. The van der Waals surface area contributed by atoms with Crippen molar-refractivity contribution in [3.05, 3.63) is 63.6 Å². The second-order valence-corrected chi connectivity index (χ2v) is 7.13. The molecular formula is C20H18Cl2N2O4. The largest absolute Gasteiger partial charge is 0.452 e. The maximum Gasteiger partial charge on any atom is 0.338 e. The minimum atomic E-state index is -0.615. The van der Waals surface area contributed by atoms with E-state index in [0.717, 1.165) is 18.5 Å². The Kier molecular flexibility index (Phi) is 6.54. The lowest BCUT2D eigenvalue weighted by Gasteiger charge is -2.15. The zero-order valence-electron chi connectivity index (χ0n) is 14.9. The number of hydrogen-bond acceptors (Lipinski definition) is 4. The van der Waals surface area contributed by atoms with Gasteiger partial charge in [-0.25, -0.2) is 4.79 Å². The molecule has 1 aliphatic heterocycles. The van der Waals surface area contributed by atoms with Gasteiger partial charge in [-0.2, -0.15) is 0 Å². The first-order valence-corrected chi connectivity index (χ1v) is 9.47. The summed E-state index contributed by atoms with van der Waals surface area (Å²) in [5, 5.41) is 3.07. The van der Waals surface area contributed by atoms with Gasteiger partial charge in [0.05, 0.1) is 21.3 Å². The van der Waals surface area contributed by atoms with Crippen LogP contribution in [-0.4, -0.2) is 35.8 Å². The molecule has 2 aromatic rings. The number of nitrogens with one attached hydrogen (secondary N) is 1. The number of hydrogen-bond donors (Lipinski definition) is 1. The monoisotopic (exact) mass is 420 g/mol. The first-order valence-electron chi connectivity index (χ1n) is 8.72. The third-order valence-electron chi connectivity index (χ3n) is 4.29. The first-order chi connectivity index (χ1) is 13.4. The highest BCUT2D eigenvalue weighted by atomic mass is 35.5. The van der Waals surface area contributed by atoms with Crippen LogP contribution in [0.2, 0.25) is 10.0 Å². The highest BCUT2D eigenvalue weighted by Gasteiger charge is 2.20. The Morgan fingerprint density at radius 1 is 1.11 bits per heavy atom. The molecule has 2 amide bonds. The van der Waals surface area contributed by atoms with Gasteiger partial charge < -0.3 is 15.0 Å². The van der Waals surface area contributed by atoms with Crippen LogP contribution in [0.4, 0.5) is 5.69 Å². The van der Waals surface area contributed by atoms with E-state index < -0.39 is 18.5 Å². The molecule has 0 atom stereocenters. The molecule has 2 aromatic carbocycles. The van der Waals surface area contributed by atoms with Crippen molar-refractivity contribution >= 4 is 46.7 Å². The highest BCUT2D eigenvalue weighted by molar-refractivity contribution is 6.44. The molecule has 146 valence electrons. The number of carbonyl (C=O) groups is 3. The number of carbonyl (C=O) groups excluding carboxylic acids is 3. The SMILES string of the molecule is O=C(COC(=O)c1ccc(CN2CCCC2=O)cc1)Nc1cccc(Cl)c1Cl. The first kappa shape index (κ1) is 20.2. The molecule has 0 saturated carbocycles. The second-order valence-electron chi connectivity index (χ2n) is 6.34. The van der Waals surface area contributed by atoms with Crippen LogP contribution < -0.4 is 5.32 Å². The minimum Gasteiger partial charge on any atom is -0.452 e. The zero-order chi connectivity index (χ0) is 20.1. The van der Waals surface area contributed by atoms with Crippen LogP contribution in [-0.2, 0) is 20.9 Å². The predicted molar refractivity (Wildman–Crippen MR) is 106 cm³/mol. The molecule has 0 spiro atoms. The fraction of sp³-hybridized carbons (Fsp3) is 0.250. The smallest absolute Gasteiger partial charge is 0.338 e. The Labute approximate surface area is 172 Å². The van der Waals surface area contributed by atoms with Gasteiger partial charge in [-0.15, -0.1) is 0 Å². The summed E-state index contributed by atoms with van der Waals surface area (Å²) in [4.78, 5) is 37.5. The van der Waals surface area contributed by atoms with Gasteiger partial charge in [-0.1, -0.05) is 41.4 Å². The van der Waals surface area contributed by atoms with Gasteiger partial charge in [0, 0.05) is 19.5 Å². The molecule has 28 heavy (non-hydrogen) atoms. The van der Waals surface area contributed by atoms with E-state index in [9.17, 15) is 14.4 Å². The van der Waals surface area contributed by atoms with E-state index in [0.29, 0.717) is 29.2 Å². The van der Waals surface area contributed by atoms with Crippen LogP contribution >= 0.6 is 23.2 Å². The maximum absolute atomic E-state index is 12.1. The van der Waals surface area contributed by atoms with E-state index in [1.807, 2.05) is 0 Å². The van der Waals surface area contributed by atoms with E-state index in [2.05, 4.69) is 5.32 Å². The fourth-order valence-corrected chi connectivity index (χ4v) is 3.19. The third kappa shape index (κ3) is 5.03. The lowest BCUT2D eigenvalue weighted by molar-refractivity contribution is -0.128. The number of anilines is 1. The number of ether oxygens (including phenoxy) is 1. The number of esters is 1. The van der Waals surface area contributed by atoms with Crippen molar-refractivity contribution in [1.29, 1.82) is 0 Å². The number of rotatable bonds is 6. The van der Waals surface area contributed by atoms with Crippen molar-refractivity contribution in [2.45, 2.75) is 19.4 Å². The van der Waals surface area contributed by atoms with Gasteiger partial charge in [0.1, 0.15) is 0 Å². The molecule has 1 heterocycles. The summed E-state index contributed by atoms with van der Waals surface area (Å²) >= 11 is 11.9. The van der Waals surface area contributed by atoms with Crippen molar-refractivity contribution in [2.75, 3.05) is 18.5 Å². The van der Waals surface area contributed by atoms with Gasteiger partial charge in [-0.3, -0.25) is 9.59 Å². The zero-order valence-corrected chi connectivity index (χ0v) is 16.4. The lowest BCUT2D eigenvalue weighted by Crippen LogP contribution is -2.23. The Balaban J connectivity index is 1.51. The van der Waals surface area contributed by atoms with Gasteiger partial charge in [-0.05, 0) is 36.2 Å². The van der Waals surface area contributed by atoms with E-state index in [4.69, 9.17) is 27.9 Å². The summed E-state index contributed by atoms with van der Waals surface area (Å²) in [7, 11) is 0. The van der Waals surface area contributed by atoms with E-state index in [1.165, 1.54) is 0 Å². The maximum atomic E-state index is 12.1. The standard InChI is InChI=1S/C20H18Cl2N2O4/c21-15-3-1-4-16(19(15)22)23-17(25)12-28-20(27)14-8-6-13(7-9-14)11-24-10-2-5-18(24)26/h1,3-4,6-9H,2,5,10-12H2,(H,23,25). The van der Waals surface area contributed by atoms with Crippen molar-refractivity contribution in [1.82, 2.24) is 4.90 Å². The predicted octanol–water partition coefficient (Wildman–Crippen LogP) is 3.91. The minimum absolute atomic E-state index is 0.148. The van der Waals surface area contributed by atoms with Crippen molar-refractivity contribution in [3.8, 4) is 0 Å². The van der Waals surface area contributed by atoms with Gasteiger partial charge in [0.15, 0.2) is 6.61 Å². The van der Waals surface area contributed by atoms with Gasteiger partial charge in [0.2, 0.25) is 5.91 Å². The van der Waals surface area contributed by atoms with Crippen LogP contribution in [0.1, 0.15) is 28.8 Å². The molecule has 0 aromatic heterocycles. The summed E-state index contributed by atoms with van der Waals surface area (Å²) in [5.74, 6) is -0.993. The van der Waals surface area contributed by atoms with E-state index in [-0.39, 0.29) is 10.9 Å². The summed E-state index contributed by atoms with van der Waals surface area (Å²) in [6.07, 6.45) is 1.47. The van der Waals surface area contributed by atoms with Gasteiger partial charge >= 0.3 is 5.97 Å². The van der Waals surface area contributed by atoms with Crippen molar-refractivity contribution in [2.24, 2.45) is 0 Å². The van der Waals surface area contributed by atoms with Crippen molar-refractivity contribution in [3.63, 3.8) is 0 Å². The molecule has 0 unspecified atom stereocenters. The number of likely N-dealkylation sites (tertiary alicyclic amines) is 1. The van der Waals surface area contributed by atoms with Crippen LogP contribution in [0.15, 0.2) is 42.5 Å². The highest BCUT2D eigenvalue weighted by Crippen LogP contribution is 2.29. The number of amides is 2. The van der Waals surface area contributed by atoms with Crippen LogP contribution in [0, 0.1) is 0 Å². The third-order valence-corrected chi connectivity index (χ3v) is 5.11. The molecule has 6 nitrogen and oxygen atoms in total. The summed E-state index contributed by atoms with van der Waals surface area (Å²) in [5.41, 5.74) is 1.60. The van der Waals surface area contributed by atoms with E-state index in [1.54, 1.807) is 47.4 Å². The Morgan fingerprint density at radius 2 is 1.86 bits per heavy atom. The second kappa shape index (κ2) is 9.08. The number of nitrogens with zero attached hydrogens (tertiary/aromatic N) is 1. The van der Waals surface area contributed by atoms with Gasteiger partial charge in [0.25, 0.3) is 5.91 Å². The van der Waals surface area contributed by atoms with Crippen LogP contribution in [0.5, 0.6) is 0 Å². The number of benzene rings is 2. The molecule has 1 fully saturated rings. The molecule has 1 N–H and O–H groups in total. The summed E-state index contributed by atoms with van der Waals surface area (Å²) in [6, 6.07) is 11.6. The Bertz CT molecular complexity index is 900. The summed E-state index contributed by atoms with van der Waals surface area (Å²) in [6.45, 7) is 0.830. The molecule has 1 aliphatic rings. The fourth-order valence-electron chi connectivity index (χ4n) is 2.84. The molecular weight excluding hydrogens is 403 g/mol. The average molecular weight is 421 g/mol. The van der Waals surface area contributed by atoms with Crippen molar-refractivity contribution < 1.29 is 19.1 Å². The quantitative estimate of drug-likeness (QED) is 0.718. The van der Waals surface area contributed by atoms with E-state index >= 15 is 0 Å². The number of halogens is 2. The van der Waals surface area contributed by atoms with Crippen LogP contribution in [0.3, 0.4) is 0 Å². The normalized spacial score (nSPS) is 13.5. The lowest BCUT2D eigenvalue weighted by atomic mass is 10.1. The molecule has 0 radical (unpaired) electrons. The molecule has 3 rings (SSSR count). The summed E-state index contributed by atoms with van der Waals surface area (Å²) < 4.78 is 5.03.